The summed E-state index contributed by atoms with van der Waals surface area (Å²) in [5.74, 6) is -1.22. The van der Waals surface area contributed by atoms with Crippen LogP contribution in [-0.4, -0.2) is 18.4 Å². The van der Waals surface area contributed by atoms with Crippen LogP contribution in [-0.2, 0) is 15.0 Å². The molecule has 1 aromatic rings. The summed E-state index contributed by atoms with van der Waals surface area (Å²) in [4.78, 5) is 23.0. The van der Waals surface area contributed by atoms with E-state index in [9.17, 15) is 9.59 Å². The van der Waals surface area contributed by atoms with Crippen LogP contribution in [0.5, 0.6) is 0 Å². The van der Waals surface area contributed by atoms with Gasteiger partial charge >= 0.3 is 11.8 Å². The molecule has 2 N–H and O–H groups in total. The molecule has 1 rings (SSSR count). The van der Waals surface area contributed by atoms with Gasteiger partial charge in [-0.3, -0.25) is 9.59 Å². The number of nitrogens with one attached hydrogen (secondary N) is 2. The first-order valence-electron chi connectivity index (χ1n) is 6.54. The molecule has 0 unspecified atom stereocenters. The molecular weight excluding hydrogens is 240 g/mol. The van der Waals surface area contributed by atoms with Crippen LogP contribution >= 0.6 is 0 Å². The molecular formula is C15H22N2O2. The van der Waals surface area contributed by atoms with Crippen LogP contribution in [0.3, 0.4) is 0 Å². The third-order valence-electron chi connectivity index (χ3n) is 2.75. The molecule has 0 bridgehead atoms. The first-order chi connectivity index (χ1) is 8.84. The minimum atomic E-state index is -0.628. The third kappa shape index (κ3) is 4.73. The molecule has 0 aromatic heterocycles. The first kappa shape index (κ1) is 15.2. The second kappa shape index (κ2) is 6.36. The van der Waals surface area contributed by atoms with Gasteiger partial charge in [0.15, 0.2) is 0 Å². The molecule has 1 aromatic carbocycles. The van der Waals surface area contributed by atoms with Crippen LogP contribution in [0.2, 0.25) is 0 Å². The third-order valence-corrected chi connectivity index (χ3v) is 2.75. The van der Waals surface area contributed by atoms with Crippen molar-refractivity contribution >= 4 is 17.5 Å². The van der Waals surface area contributed by atoms with Gasteiger partial charge in [0.05, 0.1) is 0 Å². The summed E-state index contributed by atoms with van der Waals surface area (Å²) in [6.45, 7) is 8.81. The van der Waals surface area contributed by atoms with E-state index >= 15 is 0 Å². The highest BCUT2D eigenvalue weighted by Crippen LogP contribution is 2.23. The summed E-state index contributed by atoms with van der Waals surface area (Å²) >= 11 is 0. The molecule has 0 heterocycles. The quantitative estimate of drug-likeness (QED) is 0.822. The molecule has 4 heteroatoms. The molecule has 0 aliphatic rings. The van der Waals surface area contributed by atoms with Crippen LogP contribution < -0.4 is 10.6 Å². The minimum Gasteiger partial charge on any atom is -0.348 e. The molecule has 104 valence electrons. The van der Waals surface area contributed by atoms with E-state index in [-0.39, 0.29) is 5.41 Å². The predicted molar refractivity (Wildman–Crippen MR) is 77.1 cm³/mol. The lowest BCUT2D eigenvalue weighted by atomic mass is 9.87. The summed E-state index contributed by atoms with van der Waals surface area (Å²) < 4.78 is 0. The fourth-order valence-corrected chi connectivity index (χ4v) is 1.56. The fraction of sp³-hybridized carbons (Fsp3) is 0.467. The van der Waals surface area contributed by atoms with Crippen LogP contribution in [0.4, 0.5) is 5.69 Å². The van der Waals surface area contributed by atoms with E-state index in [0.717, 1.165) is 6.42 Å². The lowest BCUT2D eigenvalue weighted by Gasteiger charge is -2.19. The van der Waals surface area contributed by atoms with Crippen molar-refractivity contribution in [3.05, 3.63) is 29.8 Å². The summed E-state index contributed by atoms with van der Waals surface area (Å²) in [7, 11) is 0. The number of amides is 2. The van der Waals surface area contributed by atoms with Gasteiger partial charge in [0, 0.05) is 12.2 Å². The van der Waals surface area contributed by atoms with Gasteiger partial charge < -0.3 is 10.6 Å². The Balaban J connectivity index is 2.63. The van der Waals surface area contributed by atoms with E-state index in [2.05, 4.69) is 31.4 Å². The fourth-order valence-electron chi connectivity index (χ4n) is 1.56. The molecule has 0 saturated heterocycles. The Hall–Kier alpha value is -1.84. The lowest BCUT2D eigenvalue weighted by Crippen LogP contribution is -2.35. The average Bonchev–Trinajstić information content (AvgIpc) is 2.35. The normalized spacial score (nSPS) is 10.9. The molecule has 4 nitrogen and oxygen atoms in total. The molecule has 0 aliphatic heterocycles. The highest BCUT2D eigenvalue weighted by Gasteiger charge is 2.15. The number of anilines is 1. The maximum Gasteiger partial charge on any atom is 0.313 e. The predicted octanol–water partition coefficient (Wildman–Crippen LogP) is 2.45. The topological polar surface area (TPSA) is 58.2 Å². The molecule has 2 amide bonds. The van der Waals surface area contributed by atoms with Gasteiger partial charge in [-0.25, -0.2) is 0 Å². The number of hydrogen-bond donors (Lipinski definition) is 2. The zero-order chi connectivity index (χ0) is 14.5. The van der Waals surface area contributed by atoms with Gasteiger partial charge in [-0.15, -0.1) is 0 Å². The van der Waals surface area contributed by atoms with Crippen molar-refractivity contribution in [3.8, 4) is 0 Å². The van der Waals surface area contributed by atoms with E-state index in [1.165, 1.54) is 5.56 Å². The largest absolute Gasteiger partial charge is 0.348 e. The summed E-state index contributed by atoms with van der Waals surface area (Å²) in [6, 6.07) is 7.54. The Morgan fingerprint density at radius 3 is 2.11 bits per heavy atom. The van der Waals surface area contributed by atoms with Crippen molar-refractivity contribution in [1.82, 2.24) is 5.32 Å². The number of hydrogen-bond acceptors (Lipinski definition) is 2. The van der Waals surface area contributed by atoms with Crippen molar-refractivity contribution < 1.29 is 9.59 Å². The lowest BCUT2D eigenvalue weighted by molar-refractivity contribution is -0.136. The van der Waals surface area contributed by atoms with E-state index in [1.807, 2.05) is 31.2 Å². The number of carbonyl (C=O) groups is 2. The maximum absolute atomic E-state index is 11.6. The van der Waals surface area contributed by atoms with Crippen LogP contribution in [0.15, 0.2) is 24.3 Å². The molecule has 0 aliphatic carbocycles. The van der Waals surface area contributed by atoms with E-state index < -0.39 is 11.8 Å². The summed E-state index contributed by atoms with van der Waals surface area (Å²) in [5, 5.41) is 5.12. The zero-order valence-corrected chi connectivity index (χ0v) is 12.0. The molecule has 0 atom stereocenters. The second-order valence-electron chi connectivity index (χ2n) is 5.54. The molecule has 19 heavy (non-hydrogen) atoms. The highest BCUT2D eigenvalue weighted by molar-refractivity contribution is 6.39. The van der Waals surface area contributed by atoms with Gasteiger partial charge in [-0.2, -0.15) is 0 Å². The standard InChI is InChI=1S/C15H22N2O2/c1-5-10-16-13(18)14(19)17-12-8-6-11(7-9-12)15(2,3)4/h6-9H,5,10H2,1-4H3,(H,16,18)(H,17,19). The Labute approximate surface area is 114 Å². The van der Waals surface area contributed by atoms with Crippen LogP contribution in [0.1, 0.15) is 39.7 Å². The van der Waals surface area contributed by atoms with Gasteiger partial charge in [-0.1, -0.05) is 39.8 Å². The Kier molecular flexibility index (Phi) is 5.10. The van der Waals surface area contributed by atoms with Crippen molar-refractivity contribution in [2.75, 3.05) is 11.9 Å². The van der Waals surface area contributed by atoms with E-state index in [1.54, 1.807) is 0 Å². The van der Waals surface area contributed by atoms with E-state index in [0.29, 0.717) is 12.2 Å². The van der Waals surface area contributed by atoms with Crippen LogP contribution in [0.25, 0.3) is 0 Å². The van der Waals surface area contributed by atoms with Crippen molar-refractivity contribution in [3.63, 3.8) is 0 Å². The Morgan fingerprint density at radius 1 is 1.05 bits per heavy atom. The van der Waals surface area contributed by atoms with Gasteiger partial charge in [0.1, 0.15) is 0 Å². The maximum atomic E-state index is 11.6. The Bertz CT molecular complexity index is 444. The van der Waals surface area contributed by atoms with Crippen LogP contribution in [0, 0.1) is 0 Å². The van der Waals surface area contributed by atoms with E-state index in [4.69, 9.17) is 0 Å². The number of benzene rings is 1. The number of carbonyl (C=O) groups excluding carboxylic acids is 2. The minimum absolute atomic E-state index is 0.0705. The molecule has 0 fully saturated rings. The number of rotatable bonds is 3. The first-order valence-corrected chi connectivity index (χ1v) is 6.54. The van der Waals surface area contributed by atoms with Crippen molar-refractivity contribution in [2.45, 2.75) is 39.5 Å². The van der Waals surface area contributed by atoms with Gasteiger partial charge in [0.2, 0.25) is 0 Å². The molecule has 0 spiro atoms. The van der Waals surface area contributed by atoms with Gasteiger partial charge in [-0.05, 0) is 29.5 Å². The zero-order valence-electron chi connectivity index (χ0n) is 12.0. The summed E-state index contributed by atoms with van der Waals surface area (Å²) in [6.07, 6.45) is 0.805. The molecule has 0 saturated carbocycles. The SMILES string of the molecule is CCCNC(=O)C(=O)Nc1ccc(C(C)(C)C)cc1. The second-order valence-corrected chi connectivity index (χ2v) is 5.54. The summed E-state index contributed by atoms with van der Waals surface area (Å²) in [5.41, 5.74) is 1.88. The molecule has 0 radical (unpaired) electrons. The average molecular weight is 262 g/mol. The van der Waals surface area contributed by atoms with Crippen molar-refractivity contribution in [1.29, 1.82) is 0 Å². The monoisotopic (exact) mass is 262 g/mol. The van der Waals surface area contributed by atoms with Gasteiger partial charge in [0.25, 0.3) is 0 Å². The Morgan fingerprint density at radius 2 is 1.63 bits per heavy atom. The smallest absolute Gasteiger partial charge is 0.313 e. The van der Waals surface area contributed by atoms with Crippen molar-refractivity contribution in [2.24, 2.45) is 0 Å². The highest BCUT2D eigenvalue weighted by atomic mass is 16.2.